The molecule has 1 aromatic carbocycles. The van der Waals surface area contributed by atoms with Gasteiger partial charge < -0.3 is 9.73 Å². The molecule has 7 nitrogen and oxygen atoms in total. The van der Waals surface area contributed by atoms with Gasteiger partial charge >= 0.3 is 0 Å². The Kier molecular flexibility index (Phi) is 4.60. The third-order valence-corrected chi connectivity index (χ3v) is 3.53. The van der Waals surface area contributed by atoms with Crippen LogP contribution in [-0.4, -0.2) is 30.2 Å². The van der Waals surface area contributed by atoms with E-state index in [1.54, 1.807) is 24.5 Å². The summed E-state index contributed by atoms with van der Waals surface area (Å²) in [6.45, 7) is 1.81. The molecule has 0 saturated heterocycles. The van der Waals surface area contributed by atoms with E-state index in [1.807, 2.05) is 31.2 Å². The van der Waals surface area contributed by atoms with Crippen LogP contribution in [0.15, 0.2) is 58.1 Å². The zero-order chi connectivity index (χ0) is 16.9. The molecule has 0 bridgehead atoms. The Morgan fingerprint density at radius 2 is 2.12 bits per heavy atom. The van der Waals surface area contributed by atoms with Gasteiger partial charge in [-0.3, -0.25) is 20.0 Å². The summed E-state index contributed by atoms with van der Waals surface area (Å²) in [5.41, 5.74) is 3.44. The second-order valence-corrected chi connectivity index (χ2v) is 5.50. The lowest BCUT2D eigenvalue weighted by Crippen LogP contribution is -2.56. The molecule has 0 spiro atoms. The maximum absolute atomic E-state index is 12.3. The van der Waals surface area contributed by atoms with Gasteiger partial charge in [0.2, 0.25) is 5.84 Å². The van der Waals surface area contributed by atoms with E-state index in [9.17, 15) is 9.59 Å². The molecule has 0 unspecified atom stereocenters. The van der Waals surface area contributed by atoms with Crippen molar-refractivity contribution in [1.82, 2.24) is 10.7 Å². The van der Waals surface area contributed by atoms with Gasteiger partial charge in [0.25, 0.3) is 11.8 Å². The highest BCUT2D eigenvalue weighted by Gasteiger charge is 2.26. The number of amides is 2. The van der Waals surface area contributed by atoms with Crippen molar-refractivity contribution in [1.29, 1.82) is 0 Å². The average molecular weight is 326 g/mol. The molecule has 1 aliphatic heterocycles. The maximum atomic E-state index is 12.3. The second-order valence-electron chi connectivity index (χ2n) is 5.50. The fourth-order valence-electron chi connectivity index (χ4n) is 2.40. The van der Waals surface area contributed by atoms with Crippen LogP contribution in [0.3, 0.4) is 0 Å². The smallest absolute Gasteiger partial charge is 0.288 e. The Balaban J connectivity index is 1.63. The number of rotatable bonds is 5. The van der Waals surface area contributed by atoms with Gasteiger partial charge in [-0.25, -0.2) is 5.01 Å². The summed E-state index contributed by atoms with van der Waals surface area (Å²) in [4.78, 5) is 28.4. The van der Waals surface area contributed by atoms with Crippen molar-refractivity contribution in [2.24, 2.45) is 4.99 Å². The first-order chi connectivity index (χ1) is 11.6. The highest BCUT2D eigenvalue weighted by Crippen LogP contribution is 2.13. The van der Waals surface area contributed by atoms with Gasteiger partial charge in [-0.2, -0.15) is 0 Å². The third kappa shape index (κ3) is 3.62. The molecule has 2 N–H and O–H groups in total. The van der Waals surface area contributed by atoms with E-state index in [2.05, 4.69) is 15.7 Å². The number of furan rings is 1. The minimum absolute atomic E-state index is 0.0722. The van der Waals surface area contributed by atoms with Crippen molar-refractivity contribution in [3.05, 3.63) is 54.5 Å². The van der Waals surface area contributed by atoms with Crippen LogP contribution in [0.25, 0.3) is 0 Å². The number of hydrogen-bond donors (Lipinski definition) is 2. The number of aliphatic imine (C=N–C) groups is 1. The monoisotopic (exact) mass is 326 g/mol. The highest BCUT2D eigenvalue weighted by molar-refractivity contribution is 6.39. The summed E-state index contributed by atoms with van der Waals surface area (Å²) in [5, 5.41) is 4.18. The topological polar surface area (TPSA) is 86.9 Å². The molecule has 3 rings (SSSR count). The number of benzene rings is 1. The highest BCUT2D eigenvalue weighted by atomic mass is 16.3. The minimum atomic E-state index is -0.359. The van der Waals surface area contributed by atoms with Crippen LogP contribution in [0.5, 0.6) is 0 Å². The summed E-state index contributed by atoms with van der Waals surface area (Å²) in [5.74, 6) is 0.330. The number of nitrogens with one attached hydrogen (secondary N) is 2. The van der Waals surface area contributed by atoms with E-state index < -0.39 is 0 Å². The van der Waals surface area contributed by atoms with Crippen molar-refractivity contribution < 1.29 is 14.0 Å². The molecule has 24 heavy (non-hydrogen) atoms. The van der Waals surface area contributed by atoms with E-state index in [-0.39, 0.29) is 30.2 Å². The van der Waals surface area contributed by atoms with Crippen molar-refractivity contribution in [3.63, 3.8) is 0 Å². The molecule has 1 aromatic heterocycles. The second kappa shape index (κ2) is 6.99. The number of carbonyl (C=O) groups is 2. The van der Waals surface area contributed by atoms with Crippen LogP contribution in [0.2, 0.25) is 0 Å². The number of nitrogens with zero attached hydrogens (tertiary/aromatic N) is 2. The van der Waals surface area contributed by atoms with Crippen LogP contribution in [0.1, 0.15) is 12.7 Å². The molecule has 0 fully saturated rings. The Morgan fingerprint density at radius 3 is 2.83 bits per heavy atom. The molecule has 2 heterocycles. The molecular formula is C17H18N4O3. The van der Waals surface area contributed by atoms with Gasteiger partial charge in [0, 0.05) is 12.5 Å². The fraction of sp³-hybridized carbons (Fsp3) is 0.235. The van der Waals surface area contributed by atoms with E-state index in [0.717, 1.165) is 5.76 Å². The van der Waals surface area contributed by atoms with E-state index in [0.29, 0.717) is 12.1 Å². The van der Waals surface area contributed by atoms with Gasteiger partial charge in [-0.05, 0) is 31.2 Å². The van der Waals surface area contributed by atoms with Gasteiger partial charge in [0.05, 0.1) is 12.0 Å². The van der Waals surface area contributed by atoms with E-state index >= 15 is 0 Å². The summed E-state index contributed by atoms with van der Waals surface area (Å²) in [6.07, 6.45) is 2.17. The Labute approximate surface area is 139 Å². The van der Waals surface area contributed by atoms with Gasteiger partial charge in [0.1, 0.15) is 12.3 Å². The zero-order valence-corrected chi connectivity index (χ0v) is 13.2. The molecular weight excluding hydrogens is 308 g/mol. The standard InChI is InChI=1S/C17H18N4O3/c1-12(10-14-8-5-9-24-14)19-17(23)16-18-11-15(22)21(20-16)13-6-3-2-4-7-13/h2-9,12H,10-11H2,1H3,(H,18,20)(H,19,23)/t12-/m0/s1. The third-order valence-electron chi connectivity index (χ3n) is 3.53. The first-order valence-corrected chi connectivity index (χ1v) is 7.66. The number of amidine groups is 1. The van der Waals surface area contributed by atoms with E-state index in [4.69, 9.17) is 4.42 Å². The minimum Gasteiger partial charge on any atom is -0.469 e. The SMILES string of the molecule is C[C@@H](Cc1ccco1)NC(=O)C1=NCC(=O)N(c2ccccc2)N1. The van der Waals surface area contributed by atoms with Crippen molar-refractivity contribution in [2.45, 2.75) is 19.4 Å². The normalized spacial score (nSPS) is 15.5. The summed E-state index contributed by atoms with van der Waals surface area (Å²) >= 11 is 0. The quantitative estimate of drug-likeness (QED) is 0.866. The number of carbonyl (C=O) groups excluding carboxylic acids is 2. The number of hydrazine groups is 1. The van der Waals surface area contributed by atoms with Crippen LogP contribution >= 0.6 is 0 Å². The summed E-state index contributed by atoms with van der Waals surface area (Å²) in [7, 11) is 0. The van der Waals surface area contributed by atoms with Crippen LogP contribution < -0.4 is 15.8 Å². The molecule has 1 aliphatic rings. The molecule has 124 valence electrons. The van der Waals surface area contributed by atoms with Crippen LogP contribution in [0, 0.1) is 0 Å². The molecule has 0 aliphatic carbocycles. The van der Waals surface area contributed by atoms with Gasteiger partial charge in [-0.15, -0.1) is 0 Å². The Hall–Kier alpha value is -3.09. The Bertz CT molecular complexity index is 740. The largest absolute Gasteiger partial charge is 0.469 e. The van der Waals surface area contributed by atoms with Gasteiger partial charge in [0.15, 0.2) is 0 Å². The first kappa shape index (κ1) is 15.8. The average Bonchev–Trinajstić information content (AvgIpc) is 3.08. The molecule has 0 saturated carbocycles. The molecule has 7 heteroatoms. The number of hydrogen-bond acceptors (Lipinski definition) is 5. The van der Waals surface area contributed by atoms with Crippen molar-refractivity contribution in [3.8, 4) is 0 Å². The molecule has 2 amide bonds. The molecule has 1 atom stereocenters. The van der Waals surface area contributed by atoms with Crippen molar-refractivity contribution in [2.75, 3.05) is 11.6 Å². The maximum Gasteiger partial charge on any atom is 0.288 e. The van der Waals surface area contributed by atoms with Crippen LogP contribution in [-0.2, 0) is 16.0 Å². The molecule has 2 aromatic rings. The van der Waals surface area contributed by atoms with Crippen LogP contribution in [0.4, 0.5) is 5.69 Å². The van der Waals surface area contributed by atoms with E-state index in [1.165, 1.54) is 5.01 Å². The summed E-state index contributed by atoms with van der Waals surface area (Å²) < 4.78 is 5.27. The fourth-order valence-corrected chi connectivity index (χ4v) is 2.40. The predicted octanol–water partition coefficient (Wildman–Crippen LogP) is 1.28. The Morgan fingerprint density at radius 1 is 1.33 bits per heavy atom. The lowest BCUT2D eigenvalue weighted by atomic mass is 10.2. The van der Waals surface area contributed by atoms with Gasteiger partial charge in [-0.1, -0.05) is 18.2 Å². The lowest BCUT2D eigenvalue weighted by Gasteiger charge is -2.28. The molecule has 0 radical (unpaired) electrons. The number of para-hydroxylation sites is 1. The number of anilines is 1. The zero-order valence-electron chi connectivity index (χ0n) is 13.2. The first-order valence-electron chi connectivity index (χ1n) is 7.66. The lowest BCUT2D eigenvalue weighted by molar-refractivity contribution is -0.118. The van der Waals surface area contributed by atoms with Crippen molar-refractivity contribution >= 4 is 23.3 Å². The summed E-state index contributed by atoms with van der Waals surface area (Å²) in [6, 6.07) is 12.6. The predicted molar refractivity (Wildman–Crippen MR) is 89.4 cm³/mol.